The predicted octanol–water partition coefficient (Wildman–Crippen LogP) is 2.86. The number of para-hydroxylation sites is 1. The molecular weight excluding hydrogens is 234 g/mol. The molecule has 92 valence electrons. The van der Waals surface area contributed by atoms with E-state index in [2.05, 4.69) is 21.8 Å². The van der Waals surface area contributed by atoms with Gasteiger partial charge in [-0.25, -0.2) is 4.98 Å². The molecule has 0 saturated heterocycles. The van der Waals surface area contributed by atoms with Crippen molar-refractivity contribution in [3.05, 3.63) is 29.0 Å². The van der Waals surface area contributed by atoms with Gasteiger partial charge in [0.2, 0.25) is 0 Å². The molecule has 0 spiro atoms. The van der Waals surface area contributed by atoms with Crippen LogP contribution in [-0.4, -0.2) is 23.1 Å². The Labute approximate surface area is 107 Å². The van der Waals surface area contributed by atoms with Crippen molar-refractivity contribution >= 4 is 22.6 Å². The molecule has 0 aliphatic carbocycles. The van der Waals surface area contributed by atoms with Crippen LogP contribution in [0.25, 0.3) is 11.0 Å². The van der Waals surface area contributed by atoms with Gasteiger partial charge in [-0.3, -0.25) is 0 Å². The van der Waals surface area contributed by atoms with E-state index in [9.17, 15) is 0 Å². The van der Waals surface area contributed by atoms with Crippen LogP contribution in [0.2, 0.25) is 5.02 Å². The molecule has 2 rings (SSSR count). The highest BCUT2D eigenvalue weighted by Crippen LogP contribution is 2.24. The smallest absolute Gasteiger partial charge is 0.109 e. The summed E-state index contributed by atoms with van der Waals surface area (Å²) in [6.45, 7) is 4.06. The van der Waals surface area contributed by atoms with E-state index in [1.807, 2.05) is 25.2 Å². The third kappa shape index (κ3) is 2.45. The second-order valence-corrected chi connectivity index (χ2v) is 4.49. The van der Waals surface area contributed by atoms with E-state index in [1.54, 1.807) is 0 Å². The minimum absolute atomic E-state index is 0.789. The Balaban J connectivity index is 2.38. The van der Waals surface area contributed by atoms with E-state index in [0.29, 0.717) is 0 Å². The van der Waals surface area contributed by atoms with Crippen LogP contribution < -0.4 is 5.32 Å². The molecule has 0 atom stereocenters. The van der Waals surface area contributed by atoms with Crippen LogP contribution in [-0.2, 0) is 13.0 Å². The second-order valence-electron chi connectivity index (χ2n) is 4.09. The molecule has 1 aromatic carbocycles. The third-order valence-corrected chi connectivity index (χ3v) is 3.24. The number of fused-ring (bicyclic) bond motifs is 1. The van der Waals surface area contributed by atoms with Gasteiger partial charge in [0.05, 0.1) is 16.1 Å². The average molecular weight is 252 g/mol. The van der Waals surface area contributed by atoms with Crippen LogP contribution in [0.15, 0.2) is 18.2 Å². The molecule has 0 bridgehead atoms. The summed E-state index contributed by atoms with van der Waals surface area (Å²) in [7, 11) is 1.97. The first kappa shape index (κ1) is 12.4. The fourth-order valence-electron chi connectivity index (χ4n) is 2.14. The van der Waals surface area contributed by atoms with Gasteiger partial charge >= 0.3 is 0 Å². The monoisotopic (exact) mass is 251 g/mol. The van der Waals surface area contributed by atoms with Crippen LogP contribution >= 0.6 is 11.6 Å². The number of nitrogens with one attached hydrogen (secondary N) is 1. The molecule has 4 heteroatoms. The average Bonchev–Trinajstić information content (AvgIpc) is 2.68. The maximum Gasteiger partial charge on any atom is 0.109 e. The maximum atomic E-state index is 6.24. The van der Waals surface area contributed by atoms with E-state index >= 15 is 0 Å². The van der Waals surface area contributed by atoms with E-state index in [0.717, 1.165) is 47.8 Å². The van der Waals surface area contributed by atoms with Gasteiger partial charge in [0.15, 0.2) is 0 Å². The molecule has 0 unspecified atom stereocenters. The van der Waals surface area contributed by atoms with Crippen molar-refractivity contribution in [3.63, 3.8) is 0 Å². The van der Waals surface area contributed by atoms with Gasteiger partial charge < -0.3 is 9.88 Å². The molecule has 0 radical (unpaired) electrons. The summed E-state index contributed by atoms with van der Waals surface area (Å²) in [6, 6.07) is 5.90. The molecule has 17 heavy (non-hydrogen) atoms. The zero-order valence-electron chi connectivity index (χ0n) is 10.3. The van der Waals surface area contributed by atoms with Crippen LogP contribution in [0.5, 0.6) is 0 Å². The minimum Gasteiger partial charge on any atom is -0.327 e. The molecule has 3 nitrogen and oxygen atoms in total. The Morgan fingerprint density at radius 1 is 1.41 bits per heavy atom. The quantitative estimate of drug-likeness (QED) is 0.829. The number of benzene rings is 1. The SMILES string of the molecule is CCn1c(CCCNC)nc2cccc(Cl)c21. The number of hydrogen-bond acceptors (Lipinski definition) is 2. The van der Waals surface area contributed by atoms with Gasteiger partial charge in [0.25, 0.3) is 0 Å². The first-order valence-electron chi connectivity index (χ1n) is 6.06. The third-order valence-electron chi connectivity index (χ3n) is 2.94. The maximum absolute atomic E-state index is 6.24. The number of nitrogens with zero attached hydrogens (tertiary/aromatic N) is 2. The number of halogens is 1. The number of hydrogen-bond donors (Lipinski definition) is 1. The van der Waals surface area contributed by atoms with Crippen molar-refractivity contribution in [2.24, 2.45) is 0 Å². The second kappa shape index (κ2) is 5.52. The molecule has 0 aliphatic heterocycles. The number of aryl methyl sites for hydroxylation is 2. The molecule has 1 heterocycles. The first-order chi connectivity index (χ1) is 8.27. The lowest BCUT2D eigenvalue weighted by molar-refractivity contribution is 0.657. The van der Waals surface area contributed by atoms with Crippen LogP contribution in [0, 0.1) is 0 Å². The summed E-state index contributed by atoms with van der Waals surface area (Å²) in [5.41, 5.74) is 2.06. The molecule has 0 saturated carbocycles. The molecule has 1 N–H and O–H groups in total. The first-order valence-corrected chi connectivity index (χ1v) is 6.44. The highest BCUT2D eigenvalue weighted by Gasteiger charge is 2.11. The molecular formula is C13H18ClN3. The van der Waals surface area contributed by atoms with E-state index in [4.69, 9.17) is 11.6 Å². The summed E-state index contributed by atoms with van der Waals surface area (Å²) in [5, 5.41) is 3.95. The van der Waals surface area contributed by atoms with Gasteiger partial charge in [-0.05, 0) is 39.1 Å². The Morgan fingerprint density at radius 2 is 2.24 bits per heavy atom. The van der Waals surface area contributed by atoms with Crippen molar-refractivity contribution < 1.29 is 0 Å². The van der Waals surface area contributed by atoms with Gasteiger partial charge in [-0.2, -0.15) is 0 Å². The van der Waals surface area contributed by atoms with Crippen LogP contribution in [0.4, 0.5) is 0 Å². The molecule has 2 aromatic rings. The largest absolute Gasteiger partial charge is 0.327 e. The fourth-order valence-corrected chi connectivity index (χ4v) is 2.42. The van der Waals surface area contributed by atoms with Gasteiger partial charge in [0, 0.05) is 13.0 Å². The molecule has 0 aliphatic rings. The highest BCUT2D eigenvalue weighted by atomic mass is 35.5. The van der Waals surface area contributed by atoms with Crippen molar-refractivity contribution in [3.8, 4) is 0 Å². The van der Waals surface area contributed by atoms with E-state index < -0.39 is 0 Å². The van der Waals surface area contributed by atoms with Crippen LogP contribution in [0.3, 0.4) is 0 Å². The summed E-state index contributed by atoms with van der Waals surface area (Å²) in [5.74, 6) is 1.13. The summed E-state index contributed by atoms with van der Waals surface area (Å²) >= 11 is 6.24. The normalized spacial score (nSPS) is 11.2. The number of imidazole rings is 1. The fraction of sp³-hybridized carbons (Fsp3) is 0.462. The number of rotatable bonds is 5. The Hall–Kier alpha value is -1.06. The molecule has 0 fully saturated rings. The Morgan fingerprint density at radius 3 is 2.94 bits per heavy atom. The van der Waals surface area contributed by atoms with Gasteiger partial charge in [-0.1, -0.05) is 17.7 Å². The zero-order valence-corrected chi connectivity index (χ0v) is 11.1. The zero-order chi connectivity index (χ0) is 12.3. The predicted molar refractivity (Wildman–Crippen MR) is 72.7 cm³/mol. The summed E-state index contributed by atoms with van der Waals surface area (Å²) in [4.78, 5) is 4.67. The number of aromatic nitrogens is 2. The van der Waals surface area contributed by atoms with Crippen molar-refractivity contribution in [2.45, 2.75) is 26.3 Å². The Kier molecular flexibility index (Phi) is 4.02. The highest BCUT2D eigenvalue weighted by molar-refractivity contribution is 6.35. The van der Waals surface area contributed by atoms with Crippen molar-refractivity contribution in [1.82, 2.24) is 14.9 Å². The van der Waals surface area contributed by atoms with Crippen LogP contribution in [0.1, 0.15) is 19.2 Å². The van der Waals surface area contributed by atoms with E-state index in [-0.39, 0.29) is 0 Å². The standard InChI is InChI=1S/C13H18ClN3/c1-3-17-12(8-5-9-15-2)16-11-7-4-6-10(14)13(11)17/h4,6-7,15H,3,5,8-9H2,1-2H3. The van der Waals surface area contributed by atoms with Gasteiger partial charge in [0.1, 0.15) is 5.82 Å². The lowest BCUT2D eigenvalue weighted by atomic mass is 10.3. The van der Waals surface area contributed by atoms with E-state index in [1.165, 1.54) is 0 Å². The van der Waals surface area contributed by atoms with Crippen molar-refractivity contribution in [2.75, 3.05) is 13.6 Å². The summed E-state index contributed by atoms with van der Waals surface area (Å²) < 4.78 is 2.22. The topological polar surface area (TPSA) is 29.9 Å². The summed E-state index contributed by atoms with van der Waals surface area (Å²) in [6.07, 6.45) is 2.08. The molecule has 0 amide bonds. The lowest BCUT2D eigenvalue weighted by Crippen LogP contribution is -2.10. The van der Waals surface area contributed by atoms with Crippen molar-refractivity contribution in [1.29, 1.82) is 0 Å². The molecule has 1 aromatic heterocycles. The Bertz CT molecular complexity index is 505. The minimum atomic E-state index is 0.789. The van der Waals surface area contributed by atoms with Gasteiger partial charge in [-0.15, -0.1) is 0 Å². The lowest BCUT2D eigenvalue weighted by Gasteiger charge is -2.06.